The molecule has 0 radical (unpaired) electrons. The van der Waals surface area contributed by atoms with Crippen molar-refractivity contribution in [2.75, 3.05) is 13.2 Å². The summed E-state index contributed by atoms with van der Waals surface area (Å²) in [6.07, 6.45) is 5.23. The highest BCUT2D eigenvalue weighted by Gasteiger charge is 2.24. The van der Waals surface area contributed by atoms with Gasteiger partial charge in [-0.2, -0.15) is 0 Å². The molecule has 1 amide bonds. The number of nitrogens with zero attached hydrogens (tertiary/aromatic N) is 4. The highest BCUT2D eigenvalue weighted by Crippen LogP contribution is 2.25. The van der Waals surface area contributed by atoms with E-state index in [2.05, 4.69) is 20.6 Å². The summed E-state index contributed by atoms with van der Waals surface area (Å²) in [5.41, 5.74) is 2.06. The molecule has 1 N–H and O–H groups in total. The third-order valence-corrected chi connectivity index (χ3v) is 4.42. The van der Waals surface area contributed by atoms with Gasteiger partial charge < -0.3 is 10.1 Å². The summed E-state index contributed by atoms with van der Waals surface area (Å²) in [6, 6.07) is 9.39. The lowest BCUT2D eigenvalue weighted by atomic mass is 10.1. The minimum atomic E-state index is -0.348. The van der Waals surface area contributed by atoms with E-state index >= 15 is 0 Å². The molecule has 7 nitrogen and oxygen atoms in total. The maximum absolute atomic E-state index is 13.3. The third-order valence-electron chi connectivity index (χ3n) is 4.42. The molecule has 1 saturated heterocycles. The van der Waals surface area contributed by atoms with E-state index in [9.17, 15) is 9.18 Å². The first-order valence-electron chi connectivity index (χ1n) is 8.74. The summed E-state index contributed by atoms with van der Waals surface area (Å²) >= 11 is 0. The molecule has 1 aliphatic heterocycles. The molecule has 4 rings (SSSR count). The average Bonchev–Trinajstić information content (AvgIpc) is 3.37. The van der Waals surface area contributed by atoms with Crippen LogP contribution in [0.5, 0.6) is 0 Å². The number of nitrogens with one attached hydrogen (secondary N) is 1. The predicted octanol–water partition coefficient (Wildman–Crippen LogP) is 2.38. The van der Waals surface area contributed by atoms with Gasteiger partial charge in [-0.3, -0.25) is 9.78 Å². The quantitative estimate of drug-likeness (QED) is 0.749. The fourth-order valence-electron chi connectivity index (χ4n) is 3.06. The Labute approximate surface area is 155 Å². The van der Waals surface area contributed by atoms with Gasteiger partial charge in [-0.05, 0) is 49.2 Å². The largest absolute Gasteiger partial charge is 0.376 e. The maximum atomic E-state index is 13.3. The summed E-state index contributed by atoms with van der Waals surface area (Å²) in [4.78, 5) is 16.8. The first-order chi connectivity index (χ1) is 13.2. The molecule has 0 unspecified atom stereocenters. The lowest BCUT2D eigenvalue weighted by Gasteiger charge is -2.11. The molecule has 27 heavy (non-hydrogen) atoms. The zero-order valence-corrected chi connectivity index (χ0v) is 14.5. The Morgan fingerprint density at radius 1 is 1.22 bits per heavy atom. The molecule has 3 heterocycles. The fourth-order valence-corrected chi connectivity index (χ4v) is 3.06. The van der Waals surface area contributed by atoms with E-state index in [1.807, 2.05) is 0 Å². The van der Waals surface area contributed by atoms with Crippen molar-refractivity contribution in [2.24, 2.45) is 0 Å². The first kappa shape index (κ1) is 17.3. The summed E-state index contributed by atoms with van der Waals surface area (Å²) < 4.78 is 20.3. The monoisotopic (exact) mass is 367 g/mol. The molecule has 0 aliphatic carbocycles. The van der Waals surface area contributed by atoms with Crippen LogP contribution in [-0.4, -0.2) is 45.1 Å². The van der Waals surface area contributed by atoms with Crippen molar-refractivity contribution in [3.63, 3.8) is 0 Å². The predicted molar refractivity (Wildman–Crippen MR) is 95.9 cm³/mol. The second-order valence-corrected chi connectivity index (χ2v) is 6.26. The number of pyridine rings is 1. The number of rotatable bonds is 5. The second kappa shape index (κ2) is 7.63. The number of hydrogen-bond acceptors (Lipinski definition) is 5. The van der Waals surface area contributed by atoms with Crippen LogP contribution in [-0.2, 0) is 4.74 Å². The Kier molecular flexibility index (Phi) is 4.88. The normalized spacial score (nSPS) is 16.4. The summed E-state index contributed by atoms with van der Waals surface area (Å²) in [5.74, 6) is -0.676. The molecule has 1 aliphatic rings. The van der Waals surface area contributed by atoms with E-state index in [-0.39, 0.29) is 23.5 Å². The molecule has 0 spiro atoms. The van der Waals surface area contributed by atoms with Crippen molar-refractivity contribution in [1.82, 2.24) is 25.3 Å². The van der Waals surface area contributed by atoms with Crippen LogP contribution in [0.2, 0.25) is 0 Å². The molecular formula is C19H18FN5O2. The number of carbonyl (C=O) groups is 1. The number of ether oxygens (including phenoxy) is 1. The second-order valence-electron chi connectivity index (χ2n) is 6.26. The van der Waals surface area contributed by atoms with Crippen LogP contribution in [0, 0.1) is 5.82 Å². The standard InChI is InChI=1S/C19H18FN5O2/c20-14-3-5-15(6-4-14)25-18(13-7-9-21-10-8-13)17(23-24-25)19(26)22-12-16-2-1-11-27-16/h3-10,16H,1-2,11-12H2,(H,22,26)/t16-/m1/s1. The molecule has 8 heteroatoms. The van der Waals surface area contributed by atoms with Crippen molar-refractivity contribution < 1.29 is 13.9 Å². The number of amides is 1. The third kappa shape index (κ3) is 3.70. The van der Waals surface area contributed by atoms with Gasteiger partial charge in [0.2, 0.25) is 0 Å². The van der Waals surface area contributed by atoms with Gasteiger partial charge in [-0.25, -0.2) is 9.07 Å². The SMILES string of the molecule is O=C(NC[C@H]1CCCO1)c1nnn(-c2ccc(F)cc2)c1-c1ccncc1. The number of carbonyl (C=O) groups excluding carboxylic acids is 1. The van der Waals surface area contributed by atoms with E-state index in [0.717, 1.165) is 25.0 Å². The van der Waals surface area contributed by atoms with Crippen LogP contribution in [0.3, 0.4) is 0 Å². The zero-order chi connectivity index (χ0) is 18.6. The molecule has 3 aromatic rings. The summed E-state index contributed by atoms with van der Waals surface area (Å²) in [7, 11) is 0. The van der Waals surface area contributed by atoms with Gasteiger partial charge in [-0.1, -0.05) is 5.21 Å². The van der Waals surface area contributed by atoms with E-state index in [0.29, 0.717) is 17.9 Å². The van der Waals surface area contributed by atoms with Crippen molar-refractivity contribution in [2.45, 2.75) is 18.9 Å². The Bertz CT molecular complexity index is 921. The molecule has 138 valence electrons. The lowest BCUT2D eigenvalue weighted by molar-refractivity contribution is 0.0854. The van der Waals surface area contributed by atoms with Gasteiger partial charge in [0.25, 0.3) is 5.91 Å². The van der Waals surface area contributed by atoms with Crippen molar-refractivity contribution in [1.29, 1.82) is 0 Å². The minimum absolute atomic E-state index is 0.0328. The van der Waals surface area contributed by atoms with Gasteiger partial charge in [-0.15, -0.1) is 5.10 Å². The highest BCUT2D eigenvalue weighted by molar-refractivity contribution is 5.98. The Balaban J connectivity index is 1.68. The summed E-state index contributed by atoms with van der Waals surface area (Å²) in [5, 5.41) is 11.1. The Morgan fingerprint density at radius 2 is 2.00 bits per heavy atom. The van der Waals surface area contributed by atoms with Gasteiger partial charge in [0.15, 0.2) is 5.69 Å². The van der Waals surface area contributed by atoms with E-state index in [1.165, 1.54) is 16.8 Å². The summed E-state index contributed by atoms with van der Waals surface area (Å²) in [6.45, 7) is 1.15. The molecule has 1 aromatic carbocycles. The topological polar surface area (TPSA) is 81.9 Å². The highest BCUT2D eigenvalue weighted by atomic mass is 19.1. The van der Waals surface area contributed by atoms with Gasteiger partial charge in [0.1, 0.15) is 11.5 Å². The van der Waals surface area contributed by atoms with Crippen molar-refractivity contribution in [3.8, 4) is 16.9 Å². The lowest BCUT2D eigenvalue weighted by Crippen LogP contribution is -2.32. The number of halogens is 1. The number of aromatic nitrogens is 4. The maximum Gasteiger partial charge on any atom is 0.274 e. The van der Waals surface area contributed by atoms with Crippen LogP contribution < -0.4 is 5.32 Å². The van der Waals surface area contributed by atoms with Crippen LogP contribution in [0.1, 0.15) is 23.3 Å². The molecular weight excluding hydrogens is 349 g/mol. The molecule has 1 atom stereocenters. The molecule has 1 fully saturated rings. The van der Waals surface area contributed by atoms with Crippen molar-refractivity contribution in [3.05, 3.63) is 60.3 Å². The molecule has 2 aromatic heterocycles. The number of hydrogen-bond donors (Lipinski definition) is 1. The number of benzene rings is 1. The minimum Gasteiger partial charge on any atom is -0.376 e. The average molecular weight is 367 g/mol. The van der Waals surface area contributed by atoms with E-state index in [1.54, 1.807) is 36.7 Å². The van der Waals surface area contributed by atoms with Crippen LogP contribution >= 0.6 is 0 Å². The van der Waals surface area contributed by atoms with E-state index < -0.39 is 0 Å². The van der Waals surface area contributed by atoms with Crippen LogP contribution in [0.15, 0.2) is 48.8 Å². The molecule has 0 bridgehead atoms. The van der Waals surface area contributed by atoms with Crippen LogP contribution in [0.4, 0.5) is 4.39 Å². The zero-order valence-electron chi connectivity index (χ0n) is 14.5. The van der Waals surface area contributed by atoms with Gasteiger partial charge in [0, 0.05) is 31.1 Å². The van der Waals surface area contributed by atoms with Crippen LogP contribution in [0.25, 0.3) is 16.9 Å². The smallest absolute Gasteiger partial charge is 0.274 e. The molecule has 0 saturated carbocycles. The Hall–Kier alpha value is -3.13. The Morgan fingerprint density at radius 3 is 2.70 bits per heavy atom. The fraction of sp³-hybridized carbons (Fsp3) is 0.263. The van der Waals surface area contributed by atoms with E-state index in [4.69, 9.17) is 4.74 Å². The van der Waals surface area contributed by atoms with Gasteiger partial charge >= 0.3 is 0 Å². The van der Waals surface area contributed by atoms with Gasteiger partial charge in [0.05, 0.1) is 11.8 Å². The first-order valence-corrected chi connectivity index (χ1v) is 8.74. The van der Waals surface area contributed by atoms with Crippen molar-refractivity contribution >= 4 is 5.91 Å².